The Labute approximate surface area is 204 Å². The van der Waals surface area contributed by atoms with Crippen molar-refractivity contribution in [2.45, 2.75) is 13.0 Å². The van der Waals surface area contributed by atoms with Gasteiger partial charge in [0.25, 0.3) is 0 Å². The van der Waals surface area contributed by atoms with Crippen molar-refractivity contribution < 1.29 is 24.2 Å². The molecule has 34 heavy (non-hydrogen) atoms. The van der Waals surface area contributed by atoms with E-state index in [9.17, 15) is 19.8 Å². The molecule has 0 fully saturated rings. The lowest BCUT2D eigenvalue weighted by atomic mass is 10.0. The van der Waals surface area contributed by atoms with Crippen molar-refractivity contribution in [2.24, 2.45) is 0 Å². The summed E-state index contributed by atoms with van der Waals surface area (Å²) in [7, 11) is 0. The maximum absolute atomic E-state index is 12.1. The normalized spacial score (nSPS) is 10.9. The third kappa shape index (κ3) is 5.27. The number of hydrogen-bond donors (Lipinski definition) is 3. The first-order chi connectivity index (χ1) is 16.3. The van der Waals surface area contributed by atoms with Gasteiger partial charge < -0.3 is 24.7 Å². The van der Waals surface area contributed by atoms with E-state index >= 15 is 0 Å². The molecular weight excluding hydrogens is 481 g/mol. The smallest absolute Gasteiger partial charge is 0.407 e. The second-order valence-corrected chi connectivity index (χ2v) is 8.30. The first-order valence-corrected chi connectivity index (χ1v) is 11.0. The number of hydrogen-bond acceptors (Lipinski definition) is 6. The Morgan fingerprint density at radius 2 is 1.71 bits per heavy atom. The Morgan fingerprint density at radius 1 is 1.00 bits per heavy atom. The topological polar surface area (TPSA) is 109 Å². The fraction of sp³-hybridized carbons (Fsp3) is 0.120. The molecule has 0 aliphatic carbocycles. The molecule has 0 saturated heterocycles. The van der Waals surface area contributed by atoms with Gasteiger partial charge in [-0.15, -0.1) is 0 Å². The fourth-order valence-corrected chi connectivity index (χ4v) is 3.97. The monoisotopic (exact) mass is 499 g/mol. The molecule has 0 atom stereocenters. The van der Waals surface area contributed by atoms with Crippen LogP contribution in [0.3, 0.4) is 0 Å². The van der Waals surface area contributed by atoms with Crippen LogP contribution in [0, 0.1) is 0 Å². The van der Waals surface area contributed by atoms with Gasteiger partial charge in [-0.1, -0.05) is 53.5 Å². The lowest BCUT2D eigenvalue weighted by Gasteiger charge is -2.12. The van der Waals surface area contributed by atoms with Crippen molar-refractivity contribution in [1.29, 1.82) is 0 Å². The number of halogens is 2. The van der Waals surface area contributed by atoms with Crippen LogP contribution in [-0.2, 0) is 17.8 Å². The van der Waals surface area contributed by atoms with E-state index in [0.717, 1.165) is 5.56 Å². The van der Waals surface area contributed by atoms with Gasteiger partial charge in [0.05, 0.1) is 10.0 Å². The maximum Gasteiger partial charge on any atom is 0.407 e. The predicted octanol–water partition coefficient (Wildman–Crippen LogP) is 5.65. The molecule has 9 heteroatoms. The minimum absolute atomic E-state index is 0.0114. The number of ether oxygens (including phenoxy) is 1. The zero-order valence-corrected chi connectivity index (χ0v) is 19.2. The summed E-state index contributed by atoms with van der Waals surface area (Å²) in [6, 6.07) is 16.6. The van der Waals surface area contributed by atoms with Crippen molar-refractivity contribution in [3.63, 3.8) is 0 Å². The molecule has 7 nitrogen and oxygen atoms in total. The molecule has 3 N–H and O–H groups in total. The van der Waals surface area contributed by atoms with Crippen LogP contribution in [0.2, 0.25) is 10.0 Å². The number of rotatable bonds is 6. The first-order valence-electron chi connectivity index (χ1n) is 10.2. The zero-order chi connectivity index (χ0) is 24.2. The molecule has 1 heterocycles. The van der Waals surface area contributed by atoms with Gasteiger partial charge in [-0.3, -0.25) is 0 Å². The van der Waals surface area contributed by atoms with Crippen molar-refractivity contribution in [3.05, 3.63) is 92.3 Å². The minimum Gasteiger partial charge on any atom is -0.507 e. The van der Waals surface area contributed by atoms with Crippen LogP contribution in [0.25, 0.3) is 22.1 Å². The number of nitrogens with one attached hydrogen (secondary N) is 1. The zero-order valence-electron chi connectivity index (χ0n) is 17.7. The summed E-state index contributed by atoms with van der Waals surface area (Å²) in [5.74, 6) is -0.462. The Kier molecular flexibility index (Phi) is 6.95. The Balaban J connectivity index is 1.56. The number of fused-ring (bicyclic) bond motifs is 1. The van der Waals surface area contributed by atoms with Gasteiger partial charge in [0, 0.05) is 35.2 Å². The van der Waals surface area contributed by atoms with E-state index in [1.807, 2.05) is 30.3 Å². The highest BCUT2D eigenvalue weighted by molar-refractivity contribution is 6.37. The van der Waals surface area contributed by atoms with Gasteiger partial charge in [0.1, 0.15) is 17.9 Å². The summed E-state index contributed by atoms with van der Waals surface area (Å²) >= 11 is 12.0. The van der Waals surface area contributed by atoms with Crippen LogP contribution in [0.15, 0.2) is 69.9 Å². The molecule has 174 valence electrons. The summed E-state index contributed by atoms with van der Waals surface area (Å²) in [5.41, 5.74) is 1.70. The van der Waals surface area contributed by atoms with Crippen molar-refractivity contribution in [3.8, 4) is 22.6 Å². The maximum atomic E-state index is 12.1. The van der Waals surface area contributed by atoms with E-state index in [4.69, 9.17) is 32.4 Å². The van der Waals surface area contributed by atoms with Gasteiger partial charge >= 0.3 is 11.7 Å². The molecule has 0 saturated carbocycles. The summed E-state index contributed by atoms with van der Waals surface area (Å²) in [6.07, 6.45) is 0.0159. The first kappa shape index (κ1) is 23.5. The minimum atomic E-state index is -0.654. The molecular formula is C25H19Cl2NO6. The van der Waals surface area contributed by atoms with E-state index < -0.39 is 11.7 Å². The third-order valence-electron chi connectivity index (χ3n) is 5.16. The fourth-order valence-electron chi connectivity index (χ4n) is 3.48. The molecule has 1 aromatic heterocycles. The van der Waals surface area contributed by atoms with Gasteiger partial charge in [-0.25, -0.2) is 9.59 Å². The largest absolute Gasteiger partial charge is 0.507 e. The number of carbonyl (C=O) groups is 1. The number of phenols is 2. The highest BCUT2D eigenvalue weighted by Gasteiger charge is 2.16. The summed E-state index contributed by atoms with van der Waals surface area (Å²) < 4.78 is 10.5. The van der Waals surface area contributed by atoms with Crippen LogP contribution < -0.4 is 10.9 Å². The molecule has 0 spiro atoms. The van der Waals surface area contributed by atoms with Crippen LogP contribution >= 0.6 is 23.2 Å². The second-order valence-electron chi connectivity index (χ2n) is 7.48. The Hall–Kier alpha value is -3.68. The molecule has 0 aliphatic rings. The number of phenolic OH excluding ortho intramolecular Hbond substituents is 2. The lowest BCUT2D eigenvalue weighted by molar-refractivity contribution is 0.140. The lowest BCUT2D eigenvalue weighted by Crippen LogP contribution is -2.26. The average molecular weight is 500 g/mol. The quantitative estimate of drug-likeness (QED) is 0.296. The SMILES string of the molecule is O=C(NCCc1ccccc1)OCc1cc(=O)oc2cc(O)c(-c3cc(Cl)c(O)c(Cl)c3)cc12. The van der Waals surface area contributed by atoms with Gasteiger partial charge in [0.15, 0.2) is 5.75 Å². The van der Waals surface area contributed by atoms with Crippen molar-refractivity contribution in [1.82, 2.24) is 5.32 Å². The number of aromatic hydroxyl groups is 2. The van der Waals surface area contributed by atoms with Gasteiger partial charge in [-0.2, -0.15) is 0 Å². The molecule has 0 bridgehead atoms. The van der Waals surface area contributed by atoms with E-state index in [-0.39, 0.29) is 33.7 Å². The summed E-state index contributed by atoms with van der Waals surface area (Å²) in [5, 5.41) is 23.5. The van der Waals surface area contributed by atoms with Gasteiger partial charge in [-0.05, 0) is 35.7 Å². The molecule has 1 amide bonds. The molecule has 4 aromatic rings. The number of benzene rings is 3. The van der Waals surface area contributed by atoms with Crippen LogP contribution in [0.4, 0.5) is 4.79 Å². The third-order valence-corrected chi connectivity index (χ3v) is 5.74. The highest BCUT2D eigenvalue weighted by atomic mass is 35.5. The van der Waals surface area contributed by atoms with E-state index in [0.29, 0.717) is 35.0 Å². The standard InChI is InChI=1S/C25H19Cl2NO6/c26-19-8-15(9-20(27)24(19)31)17-11-18-16(10-23(30)34-22(18)12-21(17)29)13-33-25(32)28-7-6-14-4-2-1-3-5-14/h1-5,8-12,29,31H,6-7,13H2,(H,28,32). The van der Waals surface area contributed by atoms with Crippen molar-refractivity contribution >= 4 is 40.3 Å². The summed E-state index contributed by atoms with van der Waals surface area (Å²) in [6.45, 7) is 0.196. The second kappa shape index (κ2) is 10.1. The van der Waals surface area contributed by atoms with E-state index in [1.165, 1.54) is 24.3 Å². The molecule has 0 aliphatic heterocycles. The van der Waals surface area contributed by atoms with E-state index in [2.05, 4.69) is 5.32 Å². The molecule has 3 aromatic carbocycles. The average Bonchev–Trinajstić information content (AvgIpc) is 2.81. The van der Waals surface area contributed by atoms with Crippen molar-refractivity contribution in [2.75, 3.05) is 6.54 Å². The Bertz CT molecular complexity index is 1400. The van der Waals surface area contributed by atoms with Crippen LogP contribution in [-0.4, -0.2) is 22.9 Å². The molecule has 4 rings (SSSR count). The summed E-state index contributed by atoms with van der Waals surface area (Å²) in [4.78, 5) is 24.2. The van der Waals surface area contributed by atoms with Crippen LogP contribution in [0.1, 0.15) is 11.1 Å². The number of carbonyl (C=O) groups excluding carboxylic acids is 1. The van der Waals surface area contributed by atoms with E-state index in [1.54, 1.807) is 6.07 Å². The molecule has 0 unspecified atom stereocenters. The number of alkyl carbamates (subject to hydrolysis) is 1. The van der Waals surface area contributed by atoms with Gasteiger partial charge in [0.2, 0.25) is 0 Å². The number of amides is 1. The predicted molar refractivity (Wildman–Crippen MR) is 130 cm³/mol. The highest BCUT2D eigenvalue weighted by Crippen LogP contribution is 2.40. The Morgan fingerprint density at radius 3 is 2.41 bits per heavy atom. The molecule has 0 radical (unpaired) electrons. The van der Waals surface area contributed by atoms with Crippen LogP contribution in [0.5, 0.6) is 11.5 Å².